The Morgan fingerprint density at radius 1 is 1.06 bits per heavy atom. The van der Waals surface area contributed by atoms with Crippen molar-refractivity contribution in [1.29, 1.82) is 0 Å². The molecule has 0 atom stereocenters. The monoisotopic (exact) mass is 459 g/mol. The van der Waals surface area contributed by atoms with Crippen molar-refractivity contribution in [3.63, 3.8) is 0 Å². The van der Waals surface area contributed by atoms with E-state index in [1.165, 1.54) is 36.5 Å². The highest BCUT2D eigenvalue weighted by atomic mass is 19.1. The van der Waals surface area contributed by atoms with E-state index in [1.807, 2.05) is 13.0 Å². The van der Waals surface area contributed by atoms with Crippen molar-refractivity contribution in [3.05, 3.63) is 94.8 Å². The van der Waals surface area contributed by atoms with Crippen LogP contribution in [0.5, 0.6) is 0 Å². The van der Waals surface area contributed by atoms with Crippen LogP contribution >= 0.6 is 0 Å². The van der Waals surface area contributed by atoms with E-state index in [0.717, 1.165) is 10.9 Å². The van der Waals surface area contributed by atoms with Gasteiger partial charge in [-0.15, -0.1) is 0 Å². The predicted molar refractivity (Wildman–Crippen MR) is 124 cm³/mol. The van der Waals surface area contributed by atoms with Crippen LogP contribution in [-0.2, 0) is 17.8 Å². The van der Waals surface area contributed by atoms with E-state index in [2.05, 4.69) is 19.7 Å². The van der Waals surface area contributed by atoms with E-state index in [1.54, 1.807) is 30.3 Å². The third-order valence-electron chi connectivity index (χ3n) is 5.35. The van der Waals surface area contributed by atoms with Gasteiger partial charge in [0.25, 0.3) is 5.91 Å². The largest absolute Gasteiger partial charge is 0.465 e. The van der Waals surface area contributed by atoms with Crippen LogP contribution in [0.1, 0.15) is 37.7 Å². The van der Waals surface area contributed by atoms with Crippen LogP contribution in [-0.4, -0.2) is 38.8 Å². The van der Waals surface area contributed by atoms with E-state index in [0.29, 0.717) is 22.6 Å². The number of amides is 1. The number of hydrogen-bond acceptors (Lipinski definition) is 7. The van der Waals surface area contributed by atoms with Crippen molar-refractivity contribution in [2.75, 3.05) is 12.8 Å². The summed E-state index contributed by atoms with van der Waals surface area (Å²) in [5.74, 6) is -0.924. The maximum atomic E-state index is 14.3. The van der Waals surface area contributed by atoms with Gasteiger partial charge in [-0.25, -0.2) is 14.2 Å². The minimum Gasteiger partial charge on any atom is -0.465 e. The molecule has 3 heterocycles. The van der Waals surface area contributed by atoms with Gasteiger partial charge in [-0.1, -0.05) is 0 Å². The van der Waals surface area contributed by atoms with E-state index < -0.39 is 11.8 Å². The smallest absolute Gasteiger partial charge is 0.339 e. The lowest BCUT2D eigenvalue weighted by Crippen LogP contribution is -2.31. The second kappa shape index (κ2) is 9.62. The van der Waals surface area contributed by atoms with E-state index in [4.69, 9.17) is 5.73 Å². The highest BCUT2D eigenvalue weighted by Crippen LogP contribution is 2.21. The van der Waals surface area contributed by atoms with Crippen molar-refractivity contribution in [1.82, 2.24) is 19.9 Å². The summed E-state index contributed by atoms with van der Waals surface area (Å²) in [5.41, 5.74) is 8.71. The molecule has 3 aromatic heterocycles. The number of nitrogens with two attached hydrogens (primary N) is 1. The fourth-order valence-corrected chi connectivity index (χ4v) is 3.48. The first-order valence-electron chi connectivity index (χ1n) is 10.4. The van der Waals surface area contributed by atoms with E-state index in [9.17, 15) is 14.0 Å². The van der Waals surface area contributed by atoms with Gasteiger partial charge < -0.3 is 15.4 Å². The standard InChI is InChI=1S/C25H22FN5O3/c1-15-10-18-11-16(6-8-21(18)30-23(15)27)24(32)31(14-22-20(26)4-3-9-28-22)13-19-7-5-17(12-29-19)25(33)34-2/h3-12H,13-14H2,1-2H3,(H2,27,30). The minimum atomic E-state index is -0.511. The normalized spacial score (nSPS) is 10.8. The molecule has 2 N–H and O–H groups in total. The van der Waals surface area contributed by atoms with Crippen LogP contribution in [0.2, 0.25) is 0 Å². The van der Waals surface area contributed by atoms with Crippen LogP contribution in [0.4, 0.5) is 10.2 Å². The molecule has 0 saturated heterocycles. The van der Waals surface area contributed by atoms with Gasteiger partial charge in [0, 0.05) is 23.3 Å². The number of nitrogens with zero attached hydrogens (tertiary/aromatic N) is 4. The number of benzene rings is 1. The summed E-state index contributed by atoms with van der Waals surface area (Å²) in [4.78, 5) is 39.3. The highest BCUT2D eigenvalue weighted by Gasteiger charge is 2.20. The molecule has 34 heavy (non-hydrogen) atoms. The molecule has 0 aliphatic heterocycles. The zero-order valence-corrected chi connectivity index (χ0v) is 18.7. The average molecular weight is 459 g/mol. The number of methoxy groups -OCH3 is 1. The molecule has 0 unspecified atom stereocenters. The van der Waals surface area contributed by atoms with Gasteiger partial charge in [-0.2, -0.15) is 0 Å². The van der Waals surface area contributed by atoms with Crippen LogP contribution in [0.3, 0.4) is 0 Å². The predicted octanol–water partition coefficient (Wildman–Crippen LogP) is 3.68. The number of aromatic nitrogens is 3. The van der Waals surface area contributed by atoms with Crippen molar-refractivity contribution in [2.24, 2.45) is 0 Å². The molecule has 0 radical (unpaired) electrons. The number of nitrogen functional groups attached to an aromatic ring is 1. The number of rotatable bonds is 6. The number of ether oxygens (including phenoxy) is 1. The van der Waals surface area contributed by atoms with Crippen molar-refractivity contribution in [2.45, 2.75) is 20.0 Å². The minimum absolute atomic E-state index is 0.0665. The summed E-state index contributed by atoms with van der Waals surface area (Å²) < 4.78 is 19.0. The van der Waals surface area contributed by atoms with E-state index in [-0.39, 0.29) is 30.3 Å². The van der Waals surface area contributed by atoms with Gasteiger partial charge in [0.05, 0.1) is 42.7 Å². The molecule has 0 saturated carbocycles. The second-order valence-corrected chi connectivity index (χ2v) is 7.72. The number of pyridine rings is 3. The number of esters is 1. The Morgan fingerprint density at radius 2 is 1.85 bits per heavy atom. The molecule has 0 fully saturated rings. The molecule has 1 aromatic carbocycles. The number of carbonyl (C=O) groups is 2. The highest BCUT2D eigenvalue weighted by molar-refractivity contribution is 5.98. The van der Waals surface area contributed by atoms with Crippen LogP contribution in [0.25, 0.3) is 10.9 Å². The lowest BCUT2D eigenvalue weighted by atomic mass is 10.1. The number of hydrogen-bond donors (Lipinski definition) is 1. The molecule has 0 aliphatic carbocycles. The van der Waals surface area contributed by atoms with E-state index >= 15 is 0 Å². The number of halogens is 1. The molecule has 4 rings (SSSR count). The van der Waals surface area contributed by atoms with Gasteiger partial charge in [0.2, 0.25) is 0 Å². The zero-order valence-electron chi connectivity index (χ0n) is 18.7. The SMILES string of the molecule is COC(=O)c1ccc(CN(Cc2ncccc2F)C(=O)c2ccc3nc(N)c(C)cc3c2)nc1. The van der Waals surface area contributed by atoms with Gasteiger partial charge in [0.15, 0.2) is 0 Å². The summed E-state index contributed by atoms with van der Waals surface area (Å²) in [7, 11) is 1.28. The molecule has 0 bridgehead atoms. The van der Waals surface area contributed by atoms with Crippen molar-refractivity contribution < 1.29 is 18.7 Å². The summed E-state index contributed by atoms with van der Waals surface area (Å²) in [6, 6.07) is 12.9. The Morgan fingerprint density at radius 3 is 2.56 bits per heavy atom. The molecule has 4 aromatic rings. The Bertz CT molecular complexity index is 1380. The molecule has 0 spiro atoms. The van der Waals surface area contributed by atoms with Crippen LogP contribution in [0.15, 0.2) is 60.9 Å². The summed E-state index contributed by atoms with van der Waals surface area (Å²) >= 11 is 0. The quantitative estimate of drug-likeness (QED) is 0.438. The fraction of sp³-hybridized carbons (Fsp3) is 0.160. The average Bonchev–Trinajstić information content (AvgIpc) is 2.85. The third-order valence-corrected chi connectivity index (χ3v) is 5.35. The fourth-order valence-electron chi connectivity index (χ4n) is 3.48. The Labute approximate surface area is 195 Å². The molecule has 0 aliphatic rings. The molecule has 8 nitrogen and oxygen atoms in total. The first-order valence-corrected chi connectivity index (χ1v) is 10.4. The lowest BCUT2D eigenvalue weighted by Gasteiger charge is -2.23. The molecule has 1 amide bonds. The Hall–Kier alpha value is -4.40. The number of anilines is 1. The first kappa shape index (κ1) is 22.8. The van der Waals surface area contributed by atoms with Crippen LogP contribution in [0, 0.1) is 12.7 Å². The number of aryl methyl sites for hydroxylation is 1. The number of carbonyl (C=O) groups excluding carboxylic acids is 2. The molecular formula is C25H22FN5O3. The van der Waals surface area contributed by atoms with Gasteiger partial charge >= 0.3 is 5.97 Å². The first-order chi connectivity index (χ1) is 16.4. The van der Waals surface area contributed by atoms with Gasteiger partial charge in [-0.3, -0.25) is 14.8 Å². The summed E-state index contributed by atoms with van der Waals surface area (Å²) in [6.07, 6.45) is 2.85. The zero-order chi connectivity index (χ0) is 24.2. The van der Waals surface area contributed by atoms with Gasteiger partial charge in [-0.05, 0) is 61.0 Å². The molecule has 172 valence electrons. The topological polar surface area (TPSA) is 111 Å². The summed E-state index contributed by atoms with van der Waals surface area (Å²) in [6.45, 7) is 1.85. The Balaban J connectivity index is 1.67. The van der Waals surface area contributed by atoms with Crippen molar-refractivity contribution >= 4 is 28.6 Å². The lowest BCUT2D eigenvalue weighted by molar-refractivity contribution is 0.0599. The Kier molecular flexibility index (Phi) is 6.44. The maximum absolute atomic E-state index is 14.3. The third kappa shape index (κ3) is 4.83. The van der Waals surface area contributed by atoms with Gasteiger partial charge in [0.1, 0.15) is 11.6 Å². The molecule has 9 heteroatoms. The summed E-state index contributed by atoms with van der Waals surface area (Å²) in [5, 5.41) is 0.766. The van der Waals surface area contributed by atoms with Crippen LogP contribution < -0.4 is 5.73 Å². The van der Waals surface area contributed by atoms with Crippen molar-refractivity contribution in [3.8, 4) is 0 Å². The number of fused-ring (bicyclic) bond motifs is 1. The molecular weight excluding hydrogens is 437 g/mol. The maximum Gasteiger partial charge on any atom is 0.339 e. The second-order valence-electron chi connectivity index (χ2n) is 7.72.